The van der Waals surface area contributed by atoms with E-state index in [1.54, 1.807) is 11.3 Å². The quantitative estimate of drug-likeness (QED) is 0.345. The SMILES string of the molecule is CCNC(=NCC(c1cccs1)N1CCOC(C)C1)NCCCN1CCCCCC1=O. The highest BCUT2D eigenvalue weighted by atomic mass is 32.1. The number of hydrogen-bond acceptors (Lipinski definition) is 5. The summed E-state index contributed by atoms with van der Waals surface area (Å²) in [5, 5.41) is 8.98. The summed E-state index contributed by atoms with van der Waals surface area (Å²) in [6.07, 6.45) is 5.25. The smallest absolute Gasteiger partial charge is 0.222 e. The fourth-order valence-electron chi connectivity index (χ4n) is 4.27. The van der Waals surface area contributed by atoms with E-state index in [-0.39, 0.29) is 12.1 Å². The normalized spacial score (nSPS) is 22.3. The molecule has 1 aromatic heterocycles. The third-order valence-electron chi connectivity index (χ3n) is 5.92. The molecule has 3 heterocycles. The van der Waals surface area contributed by atoms with Gasteiger partial charge in [-0.1, -0.05) is 12.5 Å². The van der Waals surface area contributed by atoms with Crippen molar-refractivity contribution < 1.29 is 9.53 Å². The molecule has 8 heteroatoms. The van der Waals surface area contributed by atoms with E-state index in [1.807, 2.05) is 4.90 Å². The minimum Gasteiger partial charge on any atom is -0.376 e. The van der Waals surface area contributed by atoms with Crippen LogP contribution in [0.15, 0.2) is 22.5 Å². The van der Waals surface area contributed by atoms with Crippen LogP contribution in [-0.4, -0.2) is 80.2 Å². The molecule has 2 fully saturated rings. The Kier molecular flexibility index (Phi) is 10.1. The van der Waals surface area contributed by atoms with E-state index in [0.717, 1.165) is 71.1 Å². The van der Waals surface area contributed by atoms with Gasteiger partial charge in [0.15, 0.2) is 5.96 Å². The van der Waals surface area contributed by atoms with Crippen molar-refractivity contribution in [2.75, 3.05) is 52.4 Å². The van der Waals surface area contributed by atoms with Crippen molar-refractivity contribution in [3.05, 3.63) is 22.4 Å². The van der Waals surface area contributed by atoms with E-state index in [0.29, 0.717) is 18.9 Å². The lowest BCUT2D eigenvalue weighted by atomic mass is 10.1. The molecule has 2 aliphatic rings. The standard InChI is InChI=1S/C23H39N5O2S/c1-3-24-23(25-11-8-13-27-12-6-4-5-10-22(27)29)26-17-20(21-9-7-16-31-21)28-14-15-30-19(2)18-28/h7,9,16,19-20H,3-6,8,10-15,17-18H2,1-2H3,(H2,24,25,26). The van der Waals surface area contributed by atoms with Crippen LogP contribution in [0.4, 0.5) is 0 Å². The third-order valence-corrected chi connectivity index (χ3v) is 6.89. The molecular weight excluding hydrogens is 410 g/mol. The minimum absolute atomic E-state index is 0.258. The van der Waals surface area contributed by atoms with Crippen LogP contribution in [0.3, 0.4) is 0 Å². The number of ether oxygens (including phenoxy) is 1. The van der Waals surface area contributed by atoms with Crippen molar-refractivity contribution in [3.63, 3.8) is 0 Å². The van der Waals surface area contributed by atoms with Gasteiger partial charge in [0.1, 0.15) is 0 Å². The van der Waals surface area contributed by atoms with Crippen LogP contribution in [0.2, 0.25) is 0 Å². The number of amides is 1. The number of aliphatic imine (C=N–C) groups is 1. The lowest BCUT2D eigenvalue weighted by Crippen LogP contribution is -2.44. The maximum Gasteiger partial charge on any atom is 0.222 e. The molecule has 174 valence electrons. The molecule has 2 aliphatic heterocycles. The number of hydrogen-bond donors (Lipinski definition) is 2. The summed E-state index contributed by atoms with van der Waals surface area (Å²) in [6.45, 7) is 11.0. The number of guanidine groups is 1. The van der Waals surface area contributed by atoms with Gasteiger partial charge in [-0.25, -0.2) is 0 Å². The van der Waals surface area contributed by atoms with E-state index in [4.69, 9.17) is 9.73 Å². The van der Waals surface area contributed by atoms with Crippen LogP contribution in [0, 0.1) is 0 Å². The Labute approximate surface area is 191 Å². The second-order valence-electron chi connectivity index (χ2n) is 8.40. The summed E-state index contributed by atoms with van der Waals surface area (Å²) in [5.41, 5.74) is 0. The Bertz CT molecular complexity index is 682. The maximum atomic E-state index is 12.2. The zero-order chi connectivity index (χ0) is 21.9. The Morgan fingerprint density at radius 2 is 2.23 bits per heavy atom. The Balaban J connectivity index is 1.53. The largest absolute Gasteiger partial charge is 0.376 e. The highest BCUT2D eigenvalue weighted by Gasteiger charge is 2.26. The molecule has 0 bridgehead atoms. The van der Waals surface area contributed by atoms with Crippen molar-refractivity contribution in [2.45, 2.75) is 58.1 Å². The summed E-state index contributed by atoms with van der Waals surface area (Å²) in [5.74, 6) is 1.17. The minimum atomic E-state index is 0.258. The zero-order valence-electron chi connectivity index (χ0n) is 19.1. The summed E-state index contributed by atoms with van der Waals surface area (Å²) in [6, 6.07) is 4.61. The van der Waals surface area contributed by atoms with Crippen molar-refractivity contribution >= 4 is 23.2 Å². The Hall–Kier alpha value is -1.64. The first-order valence-electron chi connectivity index (χ1n) is 11.9. The van der Waals surface area contributed by atoms with Gasteiger partial charge < -0.3 is 20.3 Å². The molecule has 3 rings (SSSR count). The first kappa shape index (κ1) is 24.0. The summed E-state index contributed by atoms with van der Waals surface area (Å²) >= 11 is 1.80. The van der Waals surface area contributed by atoms with Crippen LogP contribution < -0.4 is 10.6 Å². The number of nitrogens with zero attached hydrogens (tertiary/aromatic N) is 3. The average Bonchev–Trinajstić information content (AvgIpc) is 3.21. The number of likely N-dealkylation sites (tertiary alicyclic amines) is 1. The number of rotatable bonds is 9. The third kappa shape index (κ3) is 7.77. The van der Waals surface area contributed by atoms with Crippen LogP contribution in [0.25, 0.3) is 0 Å². The summed E-state index contributed by atoms with van der Waals surface area (Å²) < 4.78 is 5.74. The number of carbonyl (C=O) groups is 1. The molecule has 1 aromatic rings. The van der Waals surface area contributed by atoms with E-state index in [2.05, 4.69) is 46.9 Å². The predicted octanol–water partition coefficient (Wildman–Crippen LogP) is 2.86. The molecule has 31 heavy (non-hydrogen) atoms. The number of thiophene rings is 1. The number of morpholine rings is 1. The number of nitrogens with one attached hydrogen (secondary N) is 2. The van der Waals surface area contributed by atoms with E-state index in [9.17, 15) is 4.79 Å². The molecule has 0 radical (unpaired) electrons. The molecule has 0 aliphatic carbocycles. The van der Waals surface area contributed by atoms with Gasteiger partial charge in [0.05, 0.1) is 25.3 Å². The molecule has 2 atom stereocenters. The second kappa shape index (κ2) is 13.0. The monoisotopic (exact) mass is 449 g/mol. The molecule has 0 spiro atoms. The van der Waals surface area contributed by atoms with Gasteiger partial charge in [-0.3, -0.25) is 14.7 Å². The van der Waals surface area contributed by atoms with Crippen LogP contribution in [0.1, 0.15) is 56.9 Å². The summed E-state index contributed by atoms with van der Waals surface area (Å²) in [4.78, 5) is 23.0. The molecule has 2 unspecified atom stereocenters. The van der Waals surface area contributed by atoms with Gasteiger partial charge in [0.25, 0.3) is 0 Å². The van der Waals surface area contributed by atoms with Crippen molar-refractivity contribution in [1.29, 1.82) is 0 Å². The first-order valence-corrected chi connectivity index (χ1v) is 12.7. The van der Waals surface area contributed by atoms with Crippen molar-refractivity contribution in [2.24, 2.45) is 4.99 Å². The number of carbonyl (C=O) groups excluding carboxylic acids is 1. The molecule has 1 amide bonds. The van der Waals surface area contributed by atoms with Crippen molar-refractivity contribution in [3.8, 4) is 0 Å². The summed E-state index contributed by atoms with van der Waals surface area (Å²) in [7, 11) is 0. The van der Waals surface area contributed by atoms with Gasteiger partial charge in [0.2, 0.25) is 5.91 Å². The fraction of sp³-hybridized carbons (Fsp3) is 0.739. The predicted molar refractivity (Wildman–Crippen MR) is 128 cm³/mol. The molecule has 0 aromatic carbocycles. The second-order valence-corrected chi connectivity index (χ2v) is 9.38. The average molecular weight is 450 g/mol. The molecular formula is C23H39N5O2S. The van der Waals surface area contributed by atoms with Gasteiger partial charge in [-0.2, -0.15) is 0 Å². The fourth-order valence-corrected chi connectivity index (χ4v) is 5.12. The van der Waals surface area contributed by atoms with E-state index in [1.165, 1.54) is 11.3 Å². The van der Waals surface area contributed by atoms with Crippen LogP contribution >= 0.6 is 11.3 Å². The molecule has 2 saturated heterocycles. The maximum absolute atomic E-state index is 12.2. The van der Waals surface area contributed by atoms with E-state index < -0.39 is 0 Å². The Morgan fingerprint density at radius 1 is 1.32 bits per heavy atom. The van der Waals surface area contributed by atoms with Gasteiger partial charge in [0, 0.05) is 50.6 Å². The first-order chi connectivity index (χ1) is 15.2. The van der Waals surface area contributed by atoms with Crippen molar-refractivity contribution in [1.82, 2.24) is 20.4 Å². The Morgan fingerprint density at radius 3 is 3.00 bits per heavy atom. The lowest BCUT2D eigenvalue weighted by molar-refractivity contribution is -0.130. The van der Waals surface area contributed by atoms with Crippen LogP contribution in [-0.2, 0) is 9.53 Å². The highest BCUT2D eigenvalue weighted by molar-refractivity contribution is 7.10. The van der Waals surface area contributed by atoms with Gasteiger partial charge in [-0.05, 0) is 44.6 Å². The molecule has 7 nitrogen and oxygen atoms in total. The zero-order valence-corrected chi connectivity index (χ0v) is 20.0. The van der Waals surface area contributed by atoms with Crippen LogP contribution in [0.5, 0.6) is 0 Å². The molecule has 0 saturated carbocycles. The highest BCUT2D eigenvalue weighted by Crippen LogP contribution is 2.27. The van der Waals surface area contributed by atoms with Gasteiger partial charge in [-0.15, -0.1) is 11.3 Å². The molecule has 2 N–H and O–H groups in total. The van der Waals surface area contributed by atoms with Gasteiger partial charge >= 0.3 is 0 Å². The lowest BCUT2D eigenvalue weighted by Gasteiger charge is -2.36. The topological polar surface area (TPSA) is 69.2 Å². The van der Waals surface area contributed by atoms with E-state index >= 15 is 0 Å².